The maximum Gasteiger partial charge on any atom is 0.325 e. The van der Waals surface area contributed by atoms with Crippen LogP contribution in [0.2, 0.25) is 0 Å². The van der Waals surface area contributed by atoms with E-state index in [1.165, 1.54) is 0 Å². The number of amides is 5. The van der Waals surface area contributed by atoms with E-state index in [9.17, 15) is 19.2 Å². The molecule has 1 aliphatic carbocycles. The average molecular weight is 413 g/mol. The molecule has 0 bridgehead atoms. The number of primary amides is 1. The number of anilines is 2. The highest BCUT2D eigenvalue weighted by molar-refractivity contribution is 6.10. The molecule has 30 heavy (non-hydrogen) atoms. The molecule has 160 valence electrons. The van der Waals surface area contributed by atoms with Gasteiger partial charge in [0.05, 0.1) is 11.4 Å². The van der Waals surface area contributed by atoms with Gasteiger partial charge in [0, 0.05) is 19.0 Å². The van der Waals surface area contributed by atoms with Crippen molar-refractivity contribution in [3.8, 4) is 0 Å². The van der Waals surface area contributed by atoms with Crippen molar-refractivity contribution in [3.63, 3.8) is 0 Å². The molecule has 1 unspecified atom stereocenters. The van der Waals surface area contributed by atoms with Crippen LogP contribution in [0.1, 0.15) is 32.6 Å². The predicted octanol–water partition coefficient (Wildman–Crippen LogP) is 1.05. The van der Waals surface area contributed by atoms with Crippen LogP contribution in [0.5, 0.6) is 0 Å². The lowest BCUT2D eigenvalue weighted by atomic mass is 9.96. The van der Waals surface area contributed by atoms with Gasteiger partial charge in [0.15, 0.2) is 0 Å². The van der Waals surface area contributed by atoms with E-state index in [0.29, 0.717) is 31.6 Å². The Morgan fingerprint density at radius 3 is 2.47 bits per heavy atom. The maximum absolute atomic E-state index is 12.7. The van der Waals surface area contributed by atoms with E-state index in [0.717, 1.165) is 23.4 Å². The van der Waals surface area contributed by atoms with Gasteiger partial charge in [0.2, 0.25) is 11.8 Å². The van der Waals surface area contributed by atoms with E-state index >= 15 is 0 Å². The number of carbonyl (C=O) groups is 4. The second-order valence-corrected chi connectivity index (χ2v) is 8.53. The van der Waals surface area contributed by atoms with Crippen molar-refractivity contribution in [1.29, 1.82) is 0 Å². The molecule has 2 heterocycles. The van der Waals surface area contributed by atoms with Gasteiger partial charge in [-0.15, -0.1) is 0 Å². The first-order chi connectivity index (χ1) is 14.3. The molecule has 1 saturated carbocycles. The Morgan fingerprint density at radius 1 is 1.17 bits per heavy atom. The lowest BCUT2D eigenvalue weighted by Gasteiger charge is -2.33. The minimum atomic E-state index is -0.903. The van der Waals surface area contributed by atoms with Crippen molar-refractivity contribution >= 4 is 35.1 Å². The molecule has 3 aliphatic rings. The molecular weight excluding hydrogens is 386 g/mol. The van der Waals surface area contributed by atoms with Crippen molar-refractivity contribution in [2.45, 2.75) is 38.1 Å². The van der Waals surface area contributed by atoms with Crippen molar-refractivity contribution in [2.75, 3.05) is 29.9 Å². The number of benzene rings is 1. The number of urea groups is 1. The third-order valence-electron chi connectivity index (χ3n) is 6.41. The number of para-hydroxylation sites is 2. The van der Waals surface area contributed by atoms with E-state index in [1.54, 1.807) is 13.0 Å². The number of carbonyl (C=O) groups excluding carboxylic acids is 4. The maximum atomic E-state index is 12.7. The van der Waals surface area contributed by atoms with Gasteiger partial charge in [-0.25, -0.2) is 4.79 Å². The van der Waals surface area contributed by atoms with Crippen molar-refractivity contribution < 1.29 is 19.2 Å². The SMILES string of the molecule is CC1(C2CC2)NC(=O)N(CC(=O)Nc2ccccc2N2CCC(C(N)=O)CC2)C1=O. The lowest BCUT2D eigenvalue weighted by Crippen LogP contribution is -2.46. The van der Waals surface area contributed by atoms with E-state index in [4.69, 9.17) is 5.73 Å². The van der Waals surface area contributed by atoms with Crippen LogP contribution in [-0.4, -0.2) is 53.8 Å². The Kier molecular flexibility index (Phi) is 5.13. The molecule has 4 rings (SSSR count). The number of piperidine rings is 1. The van der Waals surface area contributed by atoms with E-state index in [1.807, 2.05) is 18.2 Å². The summed E-state index contributed by atoms with van der Waals surface area (Å²) in [6.07, 6.45) is 3.14. The van der Waals surface area contributed by atoms with Crippen LogP contribution >= 0.6 is 0 Å². The summed E-state index contributed by atoms with van der Waals surface area (Å²) in [5, 5.41) is 5.58. The van der Waals surface area contributed by atoms with Gasteiger partial charge in [0.1, 0.15) is 12.1 Å². The highest BCUT2D eigenvalue weighted by atomic mass is 16.2. The normalized spacial score (nSPS) is 24.7. The molecule has 0 spiro atoms. The van der Waals surface area contributed by atoms with E-state index in [2.05, 4.69) is 15.5 Å². The number of nitrogens with two attached hydrogens (primary N) is 1. The second-order valence-electron chi connectivity index (χ2n) is 8.53. The van der Waals surface area contributed by atoms with E-state index in [-0.39, 0.29) is 30.2 Å². The average Bonchev–Trinajstić information content (AvgIpc) is 3.55. The molecule has 1 aromatic carbocycles. The van der Waals surface area contributed by atoms with Gasteiger partial charge in [-0.3, -0.25) is 19.3 Å². The summed E-state index contributed by atoms with van der Waals surface area (Å²) in [6, 6.07) is 6.86. The highest BCUT2D eigenvalue weighted by Gasteiger charge is 2.56. The number of nitrogens with one attached hydrogen (secondary N) is 2. The Labute approximate surface area is 174 Å². The minimum absolute atomic E-state index is 0.122. The molecular formula is C21H27N5O4. The molecule has 9 heteroatoms. The van der Waals surface area contributed by atoms with Gasteiger partial charge < -0.3 is 21.3 Å². The van der Waals surface area contributed by atoms with Crippen LogP contribution < -0.4 is 21.3 Å². The standard InChI is InChI=1S/C21H27N5O4/c1-21(14-6-7-14)19(29)26(20(30)24-21)12-17(27)23-15-4-2-3-5-16(15)25-10-8-13(9-11-25)18(22)28/h2-5,13-14H,6-12H2,1H3,(H2,22,28)(H,23,27)(H,24,30). The topological polar surface area (TPSA) is 125 Å². The summed E-state index contributed by atoms with van der Waals surface area (Å²) in [6.45, 7) is 2.72. The molecule has 3 fully saturated rings. The lowest BCUT2D eigenvalue weighted by molar-refractivity contribution is -0.134. The summed E-state index contributed by atoms with van der Waals surface area (Å²) in [7, 11) is 0. The molecule has 2 aliphatic heterocycles. The van der Waals surface area contributed by atoms with Gasteiger partial charge in [-0.05, 0) is 50.7 Å². The molecule has 0 radical (unpaired) electrons. The molecule has 9 nitrogen and oxygen atoms in total. The van der Waals surface area contributed by atoms with Gasteiger partial charge in [-0.1, -0.05) is 12.1 Å². The van der Waals surface area contributed by atoms with Crippen LogP contribution in [0.25, 0.3) is 0 Å². The monoisotopic (exact) mass is 413 g/mol. The largest absolute Gasteiger partial charge is 0.370 e. The zero-order valence-electron chi connectivity index (χ0n) is 17.0. The van der Waals surface area contributed by atoms with Crippen LogP contribution in [0, 0.1) is 11.8 Å². The first-order valence-corrected chi connectivity index (χ1v) is 10.4. The quantitative estimate of drug-likeness (QED) is 0.601. The van der Waals surface area contributed by atoms with Crippen LogP contribution in [0.3, 0.4) is 0 Å². The number of nitrogens with zero attached hydrogens (tertiary/aromatic N) is 2. The van der Waals surface area contributed by atoms with Gasteiger partial charge >= 0.3 is 6.03 Å². The van der Waals surface area contributed by atoms with Crippen LogP contribution in [-0.2, 0) is 14.4 Å². The Morgan fingerprint density at radius 2 is 1.83 bits per heavy atom. The highest BCUT2D eigenvalue weighted by Crippen LogP contribution is 2.42. The number of imide groups is 1. The summed E-state index contributed by atoms with van der Waals surface area (Å²) in [4.78, 5) is 52.2. The summed E-state index contributed by atoms with van der Waals surface area (Å²) in [5.41, 5.74) is 5.96. The third-order valence-corrected chi connectivity index (χ3v) is 6.41. The van der Waals surface area contributed by atoms with Crippen LogP contribution in [0.15, 0.2) is 24.3 Å². The molecule has 1 atom stereocenters. The summed E-state index contributed by atoms with van der Waals surface area (Å²) in [5.74, 6) is -1.03. The predicted molar refractivity (Wildman–Crippen MR) is 111 cm³/mol. The van der Waals surface area contributed by atoms with Crippen molar-refractivity contribution in [1.82, 2.24) is 10.2 Å². The first kappa shape index (κ1) is 20.2. The van der Waals surface area contributed by atoms with Crippen molar-refractivity contribution in [2.24, 2.45) is 17.6 Å². The van der Waals surface area contributed by atoms with Crippen LogP contribution in [0.4, 0.5) is 16.2 Å². The van der Waals surface area contributed by atoms with E-state index < -0.39 is 17.5 Å². The number of hydrogen-bond acceptors (Lipinski definition) is 5. The molecule has 5 amide bonds. The van der Waals surface area contributed by atoms with Crippen molar-refractivity contribution in [3.05, 3.63) is 24.3 Å². The Hall–Kier alpha value is -3.10. The fourth-order valence-electron chi connectivity index (χ4n) is 4.39. The Balaban J connectivity index is 1.41. The third kappa shape index (κ3) is 3.71. The molecule has 2 saturated heterocycles. The zero-order chi connectivity index (χ0) is 21.5. The van der Waals surface area contributed by atoms with Gasteiger partial charge in [-0.2, -0.15) is 0 Å². The second kappa shape index (κ2) is 7.62. The fraction of sp³-hybridized carbons (Fsp3) is 0.524. The smallest absolute Gasteiger partial charge is 0.325 e. The summed E-state index contributed by atoms with van der Waals surface area (Å²) < 4.78 is 0. The molecule has 4 N–H and O–H groups in total. The first-order valence-electron chi connectivity index (χ1n) is 10.4. The minimum Gasteiger partial charge on any atom is -0.370 e. The fourth-order valence-corrected chi connectivity index (χ4v) is 4.39. The number of hydrogen-bond donors (Lipinski definition) is 3. The van der Waals surface area contributed by atoms with Gasteiger partial charge in [0.25, 0.3) is 5.91 Å². The summed E-state index contributed by atoms with van der Waals surface area (Å²) >= 11 is 0. The number of rotatable bonds is 6. The Bertz CT molecular complexity index is 891. The molecule has 0 aromatic heterocycles. The molecule has 1 aromatic rings. The zero-order valence-corrected chi connectivity index (χ0v) is 17.0.